The Labute approximate surface area is 115 Å². The van der Waals surface area contributed by atoms with E-state index in [1.54, 1.807) is 6.26 Å². The summed E-state index contributed by atoms with van der Waals surface area (Å²) in [6.45, 7) is 7.47. The zero-order valence-electron chi connectivity index (χ0n) is 12.1. The molecule has 0 fully saturated rings. The van der Waals surface area contributed by atoms with Gasteiger partial charge < -0.3 is 9.73 Å². The summed E-state index contributed by atoms with van der Waals surface area (Å²) in [5.74, 6) is 0.980. The molecule has 102 valence electrons. The molecular weight excluding hydrogens is 234 g/mol. The van der Waals surface area contributed by atoms with Gasteiger partial charge in [-0.1, -0.05) is 39.0 Å². The van der Waals surface area contributed by atoms with Crippen molar-refractivity contribution >= 4 is 0 Å². The maximum absolute atomic E-state index is 5.57. The molecule has 2 heteroatoms. The highest BCUT2D eigenvalue weighted by Gasteiger charge is 2.16. The van der Waals surface area contributed by atoms with Crippen molar-refractivity contribution in [2.24, 2.45) is 0 Å². The van der Waals surface area contributed by atoms with Gasteiger partial charge in [0.05, 0.1) is 12.3 Å². The molecule has 0 spiro atoms. The van der Waals surface area contributed by atoms with Crippen LogP contribution in [-0.2, 0) is 12.8 Å². The molecule has 0 aliphatic heterocycles. The van der Waals surface area contributed by atoms with E-state index in [2.05, 4.69) is 44.3 Å². The molecule has 0 saturated heterocycles. The fraction of sp³-hybridized carbons (Fsp3) is 0.412. The number of furan rings is 1. The van der Waals surface area contributed by atoms with Crippen LogP contribution in [0.4, 0.5) is 0 Å². The highest BCUT2D eigenvalue weighted by atomic mass is 16.3. The van der Waals surface area contributed by atoms with Crippen molar-refractivity contribution in [2.45, 2.75) is 39.7 Å². The summed E-state index contributed by atoms with van der Waals surface area (Å²) in [6, 6.07) is 10.9. The number of nitrogens with one attached hydrogen (secondary N) is 1. The van der Waals surface area contributed by atoms with Gasteiger partial charge in [-0.2, -0.15) is 0 Å². The maximum Gasteiger partial charge on any atom is 0.125 e. The van der Waals surface area contributed by atoms with Gasteiger partial charge >= 0.3 is 0 Å². The molecule has 19 heavy (non-hydrogen) atoms. The van der Waals surface area contributed by atoms with Crippen LogP contribution in [0.3, 0.4) is 0 Å². The number of aryl methyl sites for hydroxylation is 2. The number of rotatable bonds is 6. The molecule has 0 bridgehead atoms. The van der Waals surface area contributed by atoms with E-state index in [-0.39, 0.29) is 6.04 Å². The molecule has 1 aromatic carbocycles. The summed E-state index contributed by atoms with van der Waals surface area (Å²) in [7, 11) is 0. The summed E-state index contributed by atoms with van der Waals surface area (Å²) in [5, 5.41) is 3.50. The fourth-order valence-corrected chi connectivity index (χ4v) is 2.54. The van der Waals surface area contributed by atoms with Crippen molar-refractivity contribution < 1.29 is 4.42 Å². The molecule has 1 atom stereocenters. The van der Waals surface area contributed by atoms with Crippen LogP contribution in [0.15, 0.2) is 41.0 Å². The topological polar surface area (TPSA) is 25.2 Å². The van der Waals surface area contributed by atoms with E-state index in [9.17, 15) is 0 Å². The lowest BCUT2D eigenvalue weighted by atomic mass is 9.96. The molecule has 0 saturated carbocycles. The Hall–Kier alpha value is -1.54. The van der Waals surface area contributed by atoms with E-state index >= 15 is 0 Å². The van der Waals surface area contributed by atoms with E-state index < -0.39 is 0 Å². The summed E-state index contributed by atoms with van der Waals surface area (Å²) >= 11 is 0. The zero-order valence-corrected chi connectivity index (χ0v) is 12.1. The number of hydrogen-bond acceptors (Lipinski definition) is 2. The highest BCUT2D eigenvalue weighted by molar-refractivity contribution is 5.36. The second-order valence-corrected chi connectivity index (χ2v) is 4.74. The van der Waals surface area contributed by atoms with Crippen molar-refractivity contribution in [1.82, 2.24) is 5.32 Å². The van der Waals surface area contributed by atoms with E-state index in [0.29, 0.717) is 0 Å². The van der Waals surface area contributed by atoms with Crippen LogP contribution >= 0.6 is 0 Å². The second-order valence-electron chi connectivity index (χ2n) is 4.74. The minimum Gasteiger partial charge on any atom is -0.467 e. The smallest absolute Gasteiger partial charge is 0.125 e. The van der Waals surface area contributed by atoms with Crippen molar-refractivity contribution in [3.63, 3.8) is 0 Å². The monoisotopic (exact) mass is 257 g/mol. The van der Waals surface area contributed by atoms with Crippen molar-refractivity contribution in [2.75, 3.05) is 6.54 Å². The van der Waals surface area contributed by atoms with Gasteiger partial charge in [0.1, 0.15) is 5.76 Å². The Kier molecular flexibility index (Phi) is 4.80. The normalized spacial score (nSPS) is 12.6. The van der Waals surface area contributed by atoms with Crippen LogP contribution < -0.4 is 5.32 Å². The lowest BCUT2D eigenvalue weighted by Crippen LogP contribution is -2.21. The average molecular weight is 257 g/mol. The molecule has 0 radical (unpaired) electrons. The molecule has 1 heterocycles. The second kappa shape index (κ2) is 6.58. The SMILES string of the molecule is CCNC(c1ccc(CC)c(CC)c1)c1ccco1. The molecular formula is C17H23NO. The Morgan fingerprint density at radius 1 is 1.05 bits per heavy atom. The lowest BCUT2D eigenvalue weighted by molar-refractivity contribution is 0.452. The van der Waals surface area contributed by atoms with Gasteiger partial charge in [0.25, 0.3) is 0 Å². The predicted octanol–water partition coefficient (Wildman–Crippen LogP) is 4.10. The summed E-state index contributed by atoms with van der Waals surface area (Å²) < 4.78 is 5.57. The fourth-order valence-electron chi connectivity index (χ4n) is 2.54. The van der Waals surface area contributed by atoms with Gasteiger partial charge in [0.2, 0.25) is 0 Å². The van der Waals surface area contributed by atoms with Gasteiger partial charge in [-0.25, -0.2) is 0 Å². The molecule has 0 aliphatic rings. The van der Waals surface area contributed by atoms with Crippen LogP contribution in [0.1, 0.15) is 49.3 Å². The van der Waals surface area contributed by atoms with E-state index in [0.717, 1.165) is 25.1 Å². The van der Waals surface area contributed by atoms with Gasteiger partial charge in [-0.15, -0.1) is 0 Å². The van der Waals surface area contributed by atoms with E-state index in [4.69, 9.17) is 4.42 Å². The third-order valence-corrected chi connectivity index (χ3v) is 3.56. The van der Waals surface area contributed by atoms with E-state index in [1.807, 2.05) is 12.1 Å². The minimum atomic E-state index is 0.149. The van der Waals surface area contributed by atoms with Crippen LogP contribution in [0.5, 0.6) is 0 Å². The predicted molar refractivity (Wildman–Crippen MR) is 79.4 cm³/mol. The molecule has 2 nitrogen and oxygen atoms in total. The van der Waals surface area contributed by atoms with Crippen LogP contribution in [-0.4, -0.2) is 6.54 Å². The maximum atomic E-state index is 5.57. The van der Waals surface area contributed by atoms with Crippen molar-refractivity contribution in [3.05, 3.63) is 59.0 Å². The standard InChI is InChI=1S/C17H23NO/c1-4-13-9-10-15(12-14(13)5-2)17(18-6-3)16-8-7-11-19-16/h7-12,17-18H,4-6H2,1-3H3. The Balaban J connectivity index is 2.37. The molecule has 0 aliphatic carbocycles. The quantitative estimate of drug-likeness (QED) is 0.842. The highest BCUT2D eigenvalue weighted by Crippen LogP contribution is 2.25. The zero-order chi connectivity index (χ0) is 13.7. The third kappa shape index (κ3) is 3.07. The molecule has 1 aromatic heterocycles. The van der Waals surface area contributed by atoms with Gasteiger partial charge in [0.15, 0.2) is 0 Å². The first-order chi connectivity index (χ1) is 9.30. The Bertz CT molecular complexity index is 502. The molecule has 2 aromatic rings. The van der Waals surface area contributed by atoms with Crippen molar-refractivity contribution in [3.8, 4) is 0 Å². The molecule has 1 unspecified atom stereocenters. The van der Waals surface area contributed by atoms with Crippen LogP contribution in [0, 0.1) is 0 Å². The van der Waals surface area contributed by atoms with Crippen LogP contribution in [0.25, 0.3) is 0 Å². The van der Waals surface area contributed by atoms with Crippen molar-refractivity contribution in [1.29, 1.82) is 0 Å². The van der Waals surface area contributed by atoms with E-state index in [1.165, 1.54) is 16.7 Å². The van der Waals surface area contributed by atoms with Crippen LogP contribution in [0.2, 0.25) is 0 Å². The number of benzene rings is 1. The lowest BCUT2D eigenvalue weighted by Gasteiger charge is -2.18. The van der Waals surface area contributed by atoms with Gasteiger partial charge in [0, 0.05) is 0 Å². The first-order valence-corrected chi connectivity index (χ1v) is 7.18. The third-order valence-electron chi connectivity index (χ3n) is 3.56. The minimum absolute atomic E-state index is 0.149. The average Bonchev–Trinajstić information content (AvgIpc) is 2.98. The number of hydrogen-bond donors (Lipinski definition) is 1. The molecule has 0 amide bonds. The summed E-state index contributed by atoms with van der Waals surface area (Å²) in [5.41, 5.74) is 4.17. The molecule has 2 rings (SSSR count). The first kappa shape index (κ1) is 13.9. The summed E-state index contributed by atoms with van der Waals surface area (Å²) in [6.07, 6.45) is 3.91. The largest absolute Gasteiger partial charge is 0.467 e. The first-order valence-electron chi connectivity index (χ1n) is 7.18. The molecule has 1 N–H and O–H groups in total. The Morgan fingerprint density at radius 2 is 1.84 bits per heavy atom. The summed E-state index contributed by atoms with van der Waals surface area (Å²) in [4.78, 5) is 0. The van der Waals surface area contributed by atoms with Gasteiger partial charge in [-0.3, -0.25) is 0 Å². The van der Waals surface area contributed by atoms with Gasteiger partial charge in [-0.05, 0) is 48.2 Å². The Morgan fingerprint density at radius 3 is 2.42 bits per heavy atom.